The highest BCUT2D eigenvalue weighted by molar-refractivity contribution is 5.48. The first kappa shape index (κ1) is 13.3. The Morgan fingerprint density at radius 2 is 2.22 bits per heavy atom. The molecule has 1 aliphatic heterocycles. The summed E-state index contributed by atoms with van der Waals surface area (Å²) in [4.78, 5) is 4.51. The summed E-state index contributed by atoms with van der Waals surface area (Å²) in [5.74, 6) is -0.193. The van der Waals surface area contributed by atoms with Crippen molar-refractivity contribution in [3.63, 3.8) is 0 Å². The van der Waals surface area contributed by atoms with Crippen LogP contribution in [0.4, 0.5) is 10.1 Å². The zero-order chi connectivity index (χ0) is 13.1. The van der Waals surface area contributed by atoms with Crippen LogP contribution in [0.1, 0.15) is 18.4 Å². The van der Waals surface area contributed by atoms with E-state index >= 15 is 0 Å². The number of anilines is 1. The highest BCUT2D eigenvalue weighted by atomic mass is 19.1. The van der Waals surface area contributed by atoms with E-state index in [1.807, 2.05) is 6.07 Å². The summed E-state index contributed by atoms with van der Waals surface area (Å²) >= 11 is 0. The molecule has 0 bridgehead atoms. The number of rotatable bonds is 3. The summed E-state index contributed by atoms with van der Waals surface area (Å²) in [5.41, 5.74) is 7.03. The summed E-state index contributed by atoms with van der Waals surface area (Å²) in [6.45, 7) is 2.23. The molecule has 1 unspecified atom stereocenters. The lowest BCUT2D eigenvalue weighted by Crippen LogP contribution is -2.45. The minimum absolute atomic E-state index is 0.193. The van der Waals surface area contributed by atoms with Crippen LogP contribution in [-0.4, -0.2) is 38.1 Å². The van der Waals surface area contributed by atoms with E-state index in [1.165, 1.54) is 6.42 Å². The number of halogens is 1. The fourth-order valence-electron chi connectivity index (χ4n) is 2.51. The van der Waals surface area contributed by atoms with E-state index in [4.69, 9.17) is 5.73 Å². The SMILES string of the molecule is CN(C)C1CCCN(c2ccc(CN)c(F)c2)C1. The van der Waals surface area contributed by atoms with Crippen molar-refractivity contribution in [3.05, 3.63) is 29.6 Å². The van der Waals surface area contributed by atoms with Gasteiger partial charge in [0.2, 0.25) is 0 Å². The Balaban J connectivity index is 2.13. The predicted molar refractivity (Wildman–Crippen MR) is 73.2 cm³/mol. The molecule has 0 amide bonds. The van der Waals surface area contributed by atoms with Crippen LogP contribution in [0.2, 0.25) is 0 Å². The number of benzene rings is 1. The molecule has 0 spiro atoms. The second-order valence-corrected chi connectivity index (χ2v) is 5.19. The third-order valence-electron chi connectivity index (χ3n) is 3.75. The largest absolute Gasteiger partial charge is 0.370 e. The highest BCUT2D eigenvalue weighted by Crippen LogP contribution is 2.23. The zero-order valence-electron chi connectivity index (χ0n) is 11.2. The van der Waals surface area contributed by atoms with Gasteiger partial charge in [0.15, 0.2) is 0 Å². The van der Waals surface area contributed by atoms with Gasteiger partial charge in [0.1, 0.15) is 5.82 Å². The van der Waals surface area contributed by atoms with Crippen LogP contribution < -0.4 is 10.6 Å². The van der Waals surface area contributed by atoms with Gasteiger partial charge in [0, 0.05) is 36.9 Å². The summed E-state index contributed by atoms with van der Waals surface area (Å²) < 4.78 is 13.7. The van der Waals surface area contributed by atoms with Gasteiger partial charge in [-0.05, 0) is 39.1 Å². The molecule has 1 heterocycles. The molecule has 100 valence electrons. The lowest BCUT2D eigenvalue weighted by molar-refractivity contribution is 0.258. The molecule has 3 nitrogen and oxygen atoms in total. The second kappa shape index (κ2) is 5.67. The third-order valence-corrected chi connectivity index (χ3v) is 3.75. The minimum Gasteiger partial charge on any atom is -0.370 e. The fraction of sp³-hybridized carbons (Fsp3) is 0.571. The van der Waals surface area contributed by atoms with E-state index in [0.29, 0.717) is 11.6 Å². The van der Waals surface area contributed by atoms with Gasteiger partial charge in [0.25, 0.3) is 0 Å². The third kappa shape index (κ3) is 2.82. The van der Waals surface area contributed by atoms with Crippen LogP contribution in [-0.2, 0) is 6.54 Å². The van der Waals surface area contributed by atoms with Gasteiger partial charge < -0.3 is 15.5 Å². The molecular weight excluding hydrogens is 229 g/mol. The topological polar surface area (TPSA) is 32.5 Å². The maximum absolute atomic E-state index is 13.7. The molecule has 4 heteroatoms. The van der Waals surface area contributed by atoms with Gasteiger partial charge in [-0.3, -0.25) is 0 Å². The van der Waals surface area contributed by atoms with Crippen molar-refractivity contribution in [1.29, 1.82) is 0 Å². The van der Waals surface area contributed by atoms with Crippen LogP contribution in [0.25, 0.3) is 0 Å². The summed E-state index contributed by atoms with van der Waals surface area (Å²) in [7, 11) is 4.21. The van der Waals surface area contributed by atoms with Crippen LogP contribution in [0, 0.1) is 5.82 Å². The van der Waals surface area contributed by atoms with E-state index in [2.05, 4.69) is 23.9 Å². The molecule has 0 saturated carbocycles. The van der Waals surface area contributed by atoms with E-state index in [9.17, 15) is 4.39 Å². The van der Waals surface area contributed by atoms with Crippen molar-refractivity contribution in [3.8, 4) is 0 Å². The number of hydrogen-bond donors (Lipinski definition) is 1. The Morgan fingerprint density at radius 1 is 1.44 bits per heavy atom. The number of nitrogens with two attached hydrogens (primary N) is 1. The van der Waals surface area contributed by atoms with E-state index in [1.54, 1.807) is 12.1 Å². The maximum Gasteiger partial charge on any atom is 0.129 e. The Bertz CT molecular complexity index is 406. The molecule has 18 heavy (non-hydrogen) atoms. The average molecular weight is 251 g/mol. The van der Waals surface area contributed by atoms with Gasteiger partial charge in [0.05, 0.1) is 0 Å². The fourth-order valence-corrected chi connectivity index (χ4v) is 2.51. The number of hydrogen-bond acceptors (Lipinski definition) is 3. The van der Waals surface area contributed by atoms with Crippen LogP contribution in [0.3, 0.4) is 0 Å². The predicted octanol–water partition coefficient (Wildman–Crippen LogP) is 1.81. The molecule has 2 rings (SSSR count). The molecule has 1 atom stereocenters. The molecule has 1 aromatic rings. The van der Waals surface area contributed by atoms with Gasteiger partial charge in [-0.2, -0.15) is 0 Å². The molecule has 1 fully saturated rings. The van der Waals surface area contributed by atoms with Gasteiger partial charge in [-0.15, -0.1) is 0 Å². The van der Waals surface area contributed by atoms with E-state index in [-0.39, 0.29) is 12.4 Å². The maximum atomic E-state index is 13.7. The monoisotopic (exact) mass is 251 g/mol. The smallest absolute Gasteiger partial charge is 0.129 e. The van der Waals surface area contributed by atoms with Crippen LogP contribution >= 0.6 is 0 Å². The Morgan fingerprint density at radius 3 is 2.83 bits per heavy atom. The molecule has 0 aromatic heterocycles. The quantitative estimate of drug-likeness (QED) is 0.889. The first-order valence-corrected chi connectivity index (χ1v) is 6.51. The standard InChI is InChI=1S/C14H22FN3/c1-17(2)13-4-3-7-18(10-13)12-6-5-11(9-16)14(15)8-12/h5-6,8,13H,3-4,7,9-10,16H2,1-2H3. The Hall–Kier alpha value is -1.13. The molecule has 1 saturated heterocycles. The zero-order valence-corrected chi connectivity index (χ0v) is 11.2. The average Bonchev–Trinajstić information content (AvgIpc) is 2.38. The Labute approximate surface area is 108 Å². The second-order valence-electron chi connectivity index (χ2n) is 5.19. The van der Waals surface area contributed by atoms with E-state index < -0.39 is 0 Å². The van der Waals surface area contributed by atoms with E-state index in [0.717, 1.165) is 25.2 Å². The molecule has 1 aromatic carbocycles. The highest BCUT2D eigenvalue weighted by Gasteiger charge is 2.21. The molecule has 0 aliphatic carbocycles. The summed E-state index contributed by atoms with van der Waals surface area (Å²) in [6.07, 6.45) is 2.37. The lowest BCUT2D eigenvalue weighted by Gasteiger charge is -2.37. The van der Waals surface area contributed by atoms with Crippen molar-refractivity contribution in [2.24, 2.45) is 5.73 Å². The Kier molecular flexibility index (Phi) is 4.19. The van der Waals surface area contributed by atoms with Gasteiger partial charge in [-0.25, -0.2) is 4.39 Å². The van der Waals surface area contributed by atoms with Gasteiger partial charge in [-0.1, -0.05) is 6.07 Å². The number of piperidine rings is 1. The summed E-state index contributed by atoms with van der Waals surface area (Å²) in [6, 6.07) is 5.93. The normalized spacial score (nSPS) is 20.5. The molecular formula is C14H22FN3. The van der Waals surface area contributed by atoms with Crippen molar-refractivity contribution in [1.82, 2.24) is 4.90 Å². The lowest BCUT2D eigenvalue weighted by atomic mass is 10.0. The first-order valence-electron chi connectivity index (χ1n) is 6.51. The van der Waals surface area contributed by atoms with Crippen molar-refractivity contribution in [2.45, 2.75) is 25.4 Å². The van der Waals surface area contributed by atoms with Crippen molar-refractivity contribution in [2.75, 3.05) is 32.1 Å². The minimum atomic E-state index is -0.193. The van der Waals surface area contributed by atoms with Crippen LogP contribution in [0.15, 0.2) is 18.2 Å². The van der Waals surface area contributed by atoms with Gasteiger partial charge >= 0.3 is 0 Å². The molecule has 2 N–H and O–H groups in total. The first-order chi connectivity index (χ1) is 8.61. The summed E-state index contributed by atoms with van der Waals surface area (Å²) in [5, 5.41) is 0. The number of likely N-dealkylation sites (N-methyl/N-ethyl adjacent to an activating group) is 1. The van der Waals surface area contributed by atoms with Crippen molar-refractivity contribution < 1.29 is 4.39 Å². The number of nitrogens with zero attached hydrogens (tertiary/aromatic N) is 2. The molecule has 1 aliphatic rings. The van der Waals surface area contributed by atoms with Crippen LogP contribution in [0.5, 0.6) is 0 Å². The van der Waals surface area contributed by atoms with Crippen molar-refractivity contribution >= 4 is 5.69 Å². The molecule has 0 radical (unpaired) electrons.